The summed E-state index contributed by atoms with van der Waals surface area (Å²) in [5.41, 5.74) is 3.55. The van der Waals surface area contributed by atoms with E-state index >= 15 is 0 Å². The summed E-state index contributed by atoms with van der Waals surface area (Å²) in [7, 11) is 1.53. The molecule has 0 aromatic heterocycles. The number of hydrazone groups is 1. The number of carbonyl (C=O) groups excluding carboxylic acids is 2. The summed E-state index contributed by atoms with van der Waals surface area (Å²) < 4.78 is 5.02. The van der Waals surface area contributed by atoms with E-state index in [0.717, 1.165) is 0 Å². The third kappa shape index (κ3) is 5.92. The molecule has 2 amide bonds. The van der Waals surface area contributed by atoms with Crippen LogP contribution in [0.4, 0.5) is 11.4 Å². The first kappa shape index (κ1) is 19.6. The number of nitro benzene ring substituents is 1. The van der Waals surface area contributed by atoms with Crippen LogP contribution in [0.15, 0.2) is 53.6 Å². The SMILES string of the molecule is COc1ccc(C(=O)N/N=C(/C)CC(=O)Nc2ccc([N+](=O)[O-])cc2)cc1. The van der Waals surface area contributed by atoms with Gasteiger partial charge in [0.1, 0.15) is 5.75 Å². The molecule has 2 rings (SSSR count). The molecule has 0 fully saturated rings. The molecule has 2 aromatic rings. The van der Waals surface area contributed by atoms with Gasteiger partial charge in [0.2, 0.25) is 5.91 Å². The minimum Gasteiger partial charge on any atom is -0.497 e. The highest BCUT2D eigenvalue weighted by molar-refractivity contribution is 6.06. The lowest BCUT2D eigenvalue weighted by atomic mass is 10.2. The summed E-state index contributed by atoms with van der Waals surface area (Å²) in [6, 6.07) is 12.0. The largest absolute Gasteiger partial charge is 0.497 e. The number of nitro groups is 1. The monoisotopic (exact) mass is 370 g/mol. The number of non-ortho nitro benzene ring substituents is 1. The maximum atomic E-state index is 12.0. The molecule has 0 aliphatic rings. The van der Waals surface area contributed by atoms with Crippen LogP contribution in [0.25, 0.3) is 0 Å². The van der Waals surface area contributed by atoms with E-state index in [9.17, 15) is 19.7 Å². The number of nitrogens with one attached hydrogen (secondary N) is 2. The van der Waals surface area contributed by atoms with Crippen molar-refractivity contribution >= 4 is 28.9 Å². The number of anilines is 1. The Labute approximate surface area is 155 Å². The zero-order valence-corrected chi connectivity index (χ0v) is 14.8. The van der Waals surface area contributed by atoms with Crippen LogP contribution >= 0.6 is 0 Å². The number of methoxy groups -OCH3 is 1. The molecule has 9 nitrogen and oxygen atoms in total. The average molecular weight is 370 g/mol. The van der Waals surface area contributed by atoms with E-state index in [1.54, 1.807) is 31.2 Å². The molecule has 0 aliphatic heterocycles. The Morgan fingerprint density at radius 2 is 1.74 bits per heavy atom. The van der Waals surface area contributed by atoms with Gasteiger partial charge in [-0.1, -0.05) is 0 Å². The predicted octanol–water partition coefficient (Wildman–Crippen LogP) is 2.74. The number of amides is 2. The molecule has 0 saturated heterocycles. The fourth-order valence-corrected chi connectivity index (χ4v) is 2.10. The Morgan fingerprint density at radius 3 is 2.30 bits per heavy atom. The number of hydrogen-bond acceptors (Lipinski definition) is 6. The van der Waals surface area contributed by atoms with Crippen LogP contribution in [0, 0.1) is 10.1 Å². The van der Waals surface area contributed by atoms with Gasteiger partial charge in [0.25, 0.3) is 11.6 Å². The molecule has 0 bridgehead atoms. The van der Waals surface area contributed by atoms with Gasteiger partial charge in [-0.05, 0) is 43.3 Å². The molecule has 0 atom stereocenters. The van der Waals surface area contributed by atoms with Crippen molar-refractivity contribution < 1.29 is 19.2 Å². The van der Waals surface area contributed by atoms with Crippen molar-refractivity contribution in [3.05, 3.63) is 64.2 Å². The van der Waals surface area contributed by atoms with Crippen LogP contribution in [0.2, 0.25) is 0 Å². The molecule has 0 radical (unpaired) electrons. The fourth-order valence-electron chi connectivity index (χ4n) is 2.10. The highest BCUT2D eigenvalue weighted by atomic mass is 16.6. The zero-order valence-electron chi connectivity index (χ0n) is 14.8. The maximum Gasteiger partial charge on any atom is 0.271 e. The lowest BCUT2D eigenvalue weighted by Crippen LogP contribution is -2.21. The van der Waals surface area contributed by atoms with Crippen LogP contribution in [0.3, 0.4) is 0 Å². The summed E-state index contributed by atoms with van der Waals surface area (Å²) in [5, 5.41) is 17.1. The van der Waals surface area contributed by atoms with Crippen molar-refractivity contribution in [2.45, 2.75) is 13.3 Å². The van der Waals surface area contributed by atoms with Gasteiger partial charge >= 0.3 is 0 Å². The molecule has 0 spiro atoms. The van der Waals surface area contributed by atoms with Crippen LogP contribution in [0.1, 0.15) is 23.7 Å². The minimum absolute atomic E-state index is 0.0418. The molecule has 2 aromatic carbocycles. The van der Waals surface area contributed by atoms with E-state index in [-0.39, 0.29) is 18.0 Å². The number of carbonyl (C=O) groups is 2. The number of benzene rings is 2. The lowest BCUT2D eigenvalue weighted by Gasteiger charge is -2.06. The van der Waals surface area contributed by atoms with Gasteiger partial charge < -0.3 is 10.1 Å². The van der Waals surface area contributed by atoms with E-state index in [0.29, 0.717) is 22.7 Å². The van der Waals surface area contributed by atoms with E-state index < -0.39 is 10.8 Å². The van der Waals surface area contributed by atoms with Gasteiger partial charge in [-0.15, -0.1) is 0 Å². The number of hydrogen-bond donors (Lipinski definition) is 2. The third-order valence-corrected chi connectivity index (χ3v) is 3.48. The second-order valence-electron chi connectivity index (χ2n) is 5.55. The summed E-state index contributed by atoms with van der Waals surface area (Å²) in [6.45, 7) is 1.60. The van der Waals surface area contributed by atoms with Crippen molar-refractivity contribution in [2.24, 2.45) is 5.10 Å². The topological polar surface area (TPSA) is 123 Å². The van der Waals surface area contributed by atoms with E-state index in [4.69, 9.17) is 4.74 Å². The highest BCUT2D eigenvalue weighted by Crippen LogP contribution is 2.15. The van der Waals surface area contributed by atoms with E-state index in [2.05, 4.69) is 15.8 Å². The Bertz CT molecular complexity index is 860. The zero-order chi connectivity index (χ0) is 19.8. The van der Waals surface area contributed by atoms with Gasteiger partial charge in [0.15, 0.2) is 0 Å². The van der Waals surface area contributed by atoms with E-state index in [1.165, 1.54) is 31.4 Å². The van der Waals surface area contributed by atoms with Crippen molar-refractivity contribution in [1.29, 1.82) is 0 Å². The molecule has 0 aliphatic carbocycles. The third-order valence-electron chi connectivity index (χ3n) is 3.48. The predicted molar refractivity (Wildman–Crippen MR) is 99.9 cm³/mol. The summed E-state index contributed by atoms with van der Waals surface area (Å²) in [5.74, 6) is -0.134. The summed E-state index contributed by atoms with van der Waals surface area (Å²) in [6.07, 6.45) is -0.0418. The number of ether oxygens (including phenoxy) is 1. The molecule has 0 unspecified atom stereocenters. The second-order valence-corrected chi connectivity index (χ2v) is 5.55. The van der Waals surface area contributed by atoms with Gasteiger partial charge in [-0.2, -0.15) is 5.10 Å². The first-order chi connectivity index (χ1) is 12.9. The van der Waals surface area contributed by atoms with Crippen molar-refractivity contribution in [2.75, 3.05) is 12.4 Å². The Morgan fingerprint density at radius 1 is 1.11 bits per heavy atom. The molecule has 27 heavy (non-hydrogen) atoms. The number of nitrogens with zero attached hydrogens (tertiary/aromatic N) is 2. The van der Waals surface area contributed by atoms with Gasteiger partial charge in [0, 0.05) is 29.1 Å². The molecular formula is C18H18N4O5. The smallest absolute Gasteiger partial charge is 0.271 e. The normalized spacial score (nSPS) is 10.8. The lowest BCUT2D eigenvalue weighted by molar-refractivity contribution is -0.384. The van der Waals surface area contributed by atoms with Crippen molar-refractivity contribution in [1.82, 2.24) is 5.43 Å². The minimum atomic E-state index is -0.520. The van der Waals surface area contributed by atoms with Crippen LogP contribution in [-0.2, 0) is 4.79 Å². The van der Waals surface area contributed by atoms with Gasteiger partial charge in [0.05, 0.1) is 18.5 Å². The Kier molecular flexibility index (Phi) is 6.59. The summed E-state index contributed by atoms with van der Waals surface area (Å²) in [4.78, 5) is 34.1. The summed E-state index contributed by atoms with van der Waals surface area (Å²) >= 11 is 0. The average Bonchev–Trinajstić information content (AvgIpc) is 2.66. The highest BCUT2D eigenvalue weighted by Gasteiger charge is 2.09. The van der Waals surface area contributed by atoms with Crippen molar-refractivity contribution in [3.8, 4) is 5.75 Å². The van der Waals surface area contributed by atoms with Gasteiger partial charge in [-0.25, -0.2) is 5.43 Å². The second kappa shape index (κ2) is 9.09. The Hall–Kier alpha value is -3.75. The van der Waals surface area contributed by atoms with Crippen molar-refractivity contribution in [3.63, 3.8) is 0 Å². The molecule has 0 saturated carbocycles. The molecule has 140 valence electrons. The first-order valence-corrected chi connectivity index (χ1v) is 7.91. The standard InChI is InChI=1S/C18H18N4O5/c1-12(20-21-18(24)13-3-9-16(27-2)10-4-13)11-17(23)19-14-5-7-15(8-6-14)22(25)26/h3-10H,11H2,1-2H3,(H,19,23)(H,21,24)/b20-12-. The molecule has 2 N–H and O–H groups in total. The quantitative estimate of drug-likeness (QED) is 0.441. The van der Waals surface area contributed by atoms with Crippen LogP contribution in [0.5, 0.6) is 5.75 Å². The number of rotatable bonds is 7. The molecule has 9 heteroatoms. The van der Waals surface area contributed by atoms with Crippen LogP contribution < -0.4 is 15.5 Å². The fraction of sp³-hybridized carbons (Fsp3) is 0.167. The van der Waals surface area contributed by atoms with E-state index in [1.807, 2.05) is 0 Å². The molecular weight excluding hydrogens is 352 g/mol. The van der Waals surface area contributed by atoms with Gasteiger partial charge in [-0.3, -0.25) is 19.7 Å². The van der Waals surface area contributed by atoms with Crippen LogP contribution in [-0.4, -0.2) is 29.6 Å². The maximum absolute atomic E-state index is 12.0. The molecule has 0 heterocycles. The first-order valence-electron chi connectivity index (χ1n) is 7.91. The Balaban J connectivity index is 1.87.